The molecule has 0 fully saturated rings. The molecule has 142 heavy (non-hydrogen) atoms. The van der Waals surface area contributed by atoms with Crippen molar-refractivity contribution >= 4 is 70.9 Å². The zero-order valence-electron chi connectivity index (χ0n) is 73.1. The van der Waals surface area contributed by atoms with Crippen molar-refractivity contribution in [3.05, 3.63) is 436 Å². The molecule has 16 aromatic rings. The molecular weight excluding hydrogens is 2600 g/mol. The van der Waals surface area contributed by atoms with Crippen molar-refractivity contribution in [2.45, 2.75) is 40.0 Å². The van der Waals surface area contributed by atoms with E-state index in [4.69, 9.17) is 0 Å². The third kappa shape index (κ3) is 31.2. The van der Waals surface area contributed by atoms with Crippen molar-refractivity contribution in [1.82, 2.24) is 59.8 Å². The third-order valence-electron chi connectivity index (χ3n) is 18.5. The SMILES string of the molecule is CC(C)c1ccnc(-c2[c-]cc(F)nc2F)c1.CCc1ccnc(-c2[c-]cc(F)nc2F)c1.Cc1ccnc(-c2[c-]cc(F)nc2F)c1.Fc1c[c-]c(-c2ccccn2)c(F)n1.Fc1c[c-]c(N2[CH-]N(c3ccccc3)C=N2)c(F)n1.Fc1c[c-]c(N2[CH-]N(c3ccccc3)C=N2)c(F)n1.Fc1c[c-]c(N2[CH-]N(c3ccccc3)C=N2)c(F)n1.Fc1c[c-]c(N2[CH-]N(c3ccccc3)C=N2)c(F)n1.[Pt].[Pt].[Pt].[Pt]. The summed E-state index contributed by atoms with van der Waals surface area (Å²) in [6, 6.07) is 81.0. The standard InChI is InChI=1S/4C13H8F2N4.C13H11F2N2.C12H9F2N2.C11H7F2N2.C10H5F2N2.4Pt/c4*14-12-7-6-11(13(15)17-12)19-9-18(8-16-19)10-4-2-1-3-5-10;1-8(2)9-5-6-16-11(7-9)10-3-4-12(14)17-13(10)15;1-2-8-5-6-15-10(7-8)9-3-4-11(13)16-12(9)14;1-7-4-5-14-9(6-7)8-2-3-10(12)15-11(8)13;11-9-5-4-7(10(12)14-9)8-3-1-2-6-13-8;;;;/h4*1-5,7-9H;4-8H,1-2H3;4-7H,2H2,1H3;3-6H,1H3;1-3,5-6H;;;;/q4*-2;4*-1;;;;. The zero-order chi connectivity index (χ0) is 97.7. The number of rotatable bonds is 14. The van der Waals surface area contributed by atoms with E-state index in [1.165, 1.54) is 51.6 Å². The number of hydrogen-bond acceptors (Lipinski definition) is 24. The number of halogens is 16. The molecule has 0 atom stereocenters. The molecule has 0 radical (unpaired) electrons. The smallest absolute Gasteiger partial charge is 0.128 e. The number of benzene rings is 4. The zero-order valence-corrected chi connectivity index (χ0v) is 82.2. The second-order valence-electron chi connectivity index (χ2n) is 28.2. The summed E-state index contributed by atoms with van der Waals surface area (Å²) in [5.41, 5.74) is 8.37. The molecule has 4 aromatic carbocycles. The van der Waals surface area contributed by atoms with E-state index in [-0.39, 0.29) is 129 Å². The molecule has 0 saturated carbocycles. The minimum absolute atomic E-state index is 0. The number of anilines is 8. The number of aromatic nitrogens is 12. The third-order valence-corrected chi connectivity index (χ3v) is 18.5. The number of nitrogens with zero attached hydrogens (tertiary/aromatic N) is 24. The van der Waals surface area contributed by atoms with Gasteiger partial charge in [0.25, 0.3) is 0 Å². The van der Waals surface area contributed by atoms with E-state index in [9.17, 15) is 70.2 Å². The number of aryl methyl sites for hydroxylation is 2. The molecule has 0 bridgehead atoms. The maximum absolute atomic E-state index is 13.5. The number of pyridine rings is 12. The van der Waals surface area contributed by atoms with Crippen LogP contribution < -0.4 is 39.6 Å². The van der Waals surface area contributed by atoms with Gasteiger partial charge < -0.3 is 79.5 Å². The molecular formula is C98H64F16N24Pt4-12. The van der Waals surface area contributed by atoms with E-state index >= 15 is 0 Å². The Labute approximate surface area is 860 Å². The predicted molar refractivity (Wildman–Crippen MR) is 482 cm³/mol. The normalized spacial score (nSPS) is 12.2. The van der Waals surface area contributed by atoms with Crippen LogP contribution in [-0.4, -0.2) is 85.2 Å². The average Bonchev–Trinajstić information content (AvgIpc) is 1.75. The number of para-hydroxylation sites is 4. The molecule has 4 aliphatic rings. The molecule has 740 valence electrons. The van der Waals surface area contributed by atoms with Crippen molar-refractivity contribution in [3.63, 3.8) is 0 Å². The molecule has 12 aromatic heterocycles. The van der Waals surface area contributed by atoms with Gasteiger partial charge in [-0.25, -0.2) is 35.1 Å². The van der Waals surface area contributed by atoms with E-state index in [0.717, 1.165) is 94.4 Å². The summed E-state index contributed by atoms with van der Waals surface area (Å²) in [5.74, 6) is -14.3. The van der Waals surface area contributed by atoms with Crippen LogP contribution >= 0.6 is 0 Å². The van der Waals surface area contributed by atoms with E-state index in [1.807, 2.05) is 161 Å². The predicted octanol–water partition coefficient (Wildman–Crippen LogP) is 21.1. The minimum Gasteiger partial charge on any atom is -0.463 e. The fourth-order valence-corrected chi connectivity index (χ4v) is 11.8. The van der Waals surface area contributed by atoms with Gasteiger partial charge in [0.2, 0.25) is 0 Å². The molecule has 0 N–H and O–H groups in total. The van der Waals surface area contributed by atoms with Gasteiger partial charge in [0.15, 0.2) is 0 Å². The van der Waals surface area contributed by atoms with Crippen LogP contribution in [0.15, 0.2) is 270 Å². The molecule has 0 unspecified atom stereocenters. The Morgan fingerprint density at radius 3 is 0.796 bits per heavy atom. The van der Waals surface area contributed by atoms with Gasteiger partial charge in [0, 0.05) is 132 Å². The van der Waals surface area contributed by atoms with Crippen LogP contribution in [0.1, 0.15) is 43.4 Å². The number of hydrogen-bond donors (Lipinski definition) is 0. The summed E-state index contributed by atoms with van der Waals surface area (Å²) in [5, 5.41) is 21.0. The van der Waals surface area contributed by atoms with Crippen molar-refractivity contribution in [1.29, 1.82) is 0 Å². The molecule has 0 aliphatic carbocycles. The first kappa shape index (κ1) is 111. The Hall–Kier alpha value is -14.6. The van der Waals surface area contributed by atoms with E-state index < -0.39 is 95.2 Å². The van der Waals surface area contributed by atoms with Crippen LogP contribution in [0.3, 0.4) is 0 Å². The van der Waals surface area contributed by atoms with Gasteiger partial charge in [-0.1, -0.05) is 187 Å². The maximum atomic E-state index is 13.5. The van der Waals surface area contributed by atoms with Gasteiger partial charge in [-0.3, -0.25) is 55.1 Å². The first-order valence-electron chi connectivity index (χ1n) is 40.4. The van der Waals surface area contributed by atoms with Gasteiger partial charge in [0.1, 0.15) is 71.4 Å². The molecule has 4 aliphatic heterocycles. The monoisotopic (exact) mass is 2660 g/mol. The molecule has 0 saturated heterocycles. The topological polar surface area (TPSA) is 230 Å². The fraction of sp³-hybridized carbons (Fsp3) is 0.0612. The van der Waals surface area contributed by atoms with Gasteiger partial charge in [-0.15, -0.1) is 75.2 Å². The van der Waals surface area contributed by atoms with E-state index in [1.54, 1.807) is 107 Å². The molecule has 16 heterocycles. The first-order chi connectivity index (χ1) is 66.7. The Balaban J connectivity index is 0.000000181. The summed E-state index contributed by atoms with van der Waals surface area (Å²) in [6.45, 7) is 14.1. The van der Waals surface area contributed by atoms with Crippen molar-refractivity contribution < 1.29 is 155 Å². The summed E-state index contributed by atoms with van der Waals surface area (Å²) < 4.78 is 208. The van der Waals surface area contributed by atoms with Gasteiger partial charge in [-0.2, -0.15) is 44.7 Å². The number of hydrazone groups is 4. The van der Waals surface area contributed by atoms with Gasteiger partial charge >= 0.3 is 0 Å². The Morgan fingerprint density at radius 1 is 0.275 bits per heavy atom. The average molecular weight is 2660 g/mol. The van der Waals surface area contributed by atoms with Crippen molar-refractivity contribution in [2.75, 3.05) is 39.6 Å². The second kappa shape index (κ2) is 54.3. The molecule has 0 amide bonds. The van der Waals surface area contributed by atoms with Crippen LogP contribution in [0.25, 0.3) is 45.0 Å². The van der Waals surface area contributed by atoms with E-state index in [2.05, 4.69) is 129 Å². The Morgan fingerprint density at radius 2 is 0.528 bits per heavy atom. The quantitative estimate of drug-likeness (QED) is 0.0559. The molecule has 24 nitrogen and oxygen atoms in total. The summed E-state index contributed by atoms with van der Waals surface area (Å²) >= 11 is 0. The summed E-state index contributed by atoms with van der Waals surface area (Å²) in [4.78, 5) is 47.5. The van der Waals surface area contributed by atoms with Crippen molar-refractivity contribution in [2.24, 2.45) is 20.4 Å². The molecule has 44 heteroatoms. The van der Waals surface area contributed by atoms with Crippen LogP contribution in [0.5, 0.6) is 0 Å². The van der Waals surface area contributed by atoms with Gasteiger partial charge in [0.05, 0.1) is 49.1 Å². The summed E-state index contributed by atoms with van der Waals surface area (Å²) in [6.07, 6.45) is 13.2. The molecule has 0 spiro atoms. The van der Waals surface area contributed by atoms with Gasteiger partial charge in [-0.05, 0) is 138 Å². The van der Waals surface area contributed by atoms with Crippen LogP contribution in [0.2, 0.25) is 0 Å². The Kier molecular flexibility index (Phi) is 42.4. The van der Waals surface area contributed by atoms with E-state index in [0.29, 0.717) is 28.7 Å². The largest absolute Gasteiger partial charge is 0.463 e. The summed E-state index contributed by atoms with van der Waals surface area (Å²) in [7, 11) is 0. The van der Waals surface area contributed by atoms with Crippen LogP contribution in [-0.2, 0) is 90.7 Å². The maximum Gasteiger partial charge on any atom is 0.128 e. The Bertz CT molecular complexity index is 6490. The van der Waals surface area contributed by atoms with Crippen LogP contribution in [0.4, 0.5) is 116 Å². The molecule has 20 rings (SSSR count). The van der Waals surface area contributed by atoms with Crippen molar-refractivity contribution in [3.8, 4) is 45.0 Å². The first-order valence-corrected chi connectivity index (χ1v) is 40.4. The second-order valence-corrected chi connectivity index (χ2v) is 28.2. The van der Waals surface area contributed by atoms with Crippen LogP contribution in [0, 0.1) is 177 Å². The fourth-order valence-electron chi connectivity index (χ4n) is 11.8. The minimum atomic E-state index is -0.955.